The van der Waals surface area contributed by atoms with E-state index in [0.717, 1.165) is 11.8 Å². The Morgan fingerprint density at radius 1 is 1.06 bits per heavy atom. The highest BCUT2D eigenvalue weighted by atomic mass is 32.2. The lowest BCUT2D eigenvalue weighted by Gasteiger charge is -2.35. The van der Waals surface area contributed by atoms with Crippen molar-refractivity contribution in [3.63, 3.8) is 0 Å². The number of non-ortho nitro benzene ring substituents is 1. The Balaban J connectivity index is 1.57. The lowest BCUT2D eigenvalue weighted by Crippen LogP contribution is -2.48. The third-order valence-electron chi connectivity index (χ3n) is 4.87. The average Bonchev–Trinajstić information content (AvgIpc) is 2.74. The first kappa shape index (κ1) is 22.6. The molecule has 1 fully saturated rings. The van der Waals surface area contributed by atoms with Gasteiger partial charge in [-0.15, -0.1) is 0 Å². The molecule has 166 valence electrons. The average molecular weight is 454 g/mol. The SMILES string of the molecule is O=C(CN1CCN(c2ccc([N+](=O)[O-])cc2)CC1)Nc1ccccc1S(=O)(=O)C(F)F. The standard InChI is InChI=1S/C19H20F2N4O5S/c20-19(21)31(29,30)17-4-2-1-3-16(17)22-18(26)13-23-9-11-24(12-10-23)14-5-7-15(8-6-14)25(27)28/h1-8,19H,9-13H2,(H,22,26). The summed E-state index contributed by atoms with van der Waals surface area (Å²) in [6.45, 7) is 2.20. The van der Waals surface area contributed by atoms with Crippen molar-refractivity contribution >= 4 is 32.8 Å². The van der Waals surface area contributed by atoms with Crippen molar-refractivity contribution in [2.45, 2.75) is 10.7 Å². The number of hydrogen-bond acceptors (Lipinski definition) is 7. The topological polar surface area (TPSA) is 113 Å². The minimum atomic E-state index is -4.84. The van der Waals surface area contributed by atoms with Crippen molar-refractivity contribution in [3.8, 4) is 0 Å². The Kier molecular flexibility index (Phi) is 6.81. The van der Waals surface area contributed by atoms with E-state index >= 15 is 0 Å². The highest BCUT2D eigenvalue weighted by Crippen LogP contribution is 2.26. The number of alkyl halides is 2. The molecule has 0 bridgehead atoms. The van der Waals surface area contributed by atoms with E-state index in [1.165, 1.54) is 30.3 Å². The molecule has 0 atom stereocenters. The highest BCUT2D eigenvalue weighted by Gasteiger charge is 2.29. The van der Waals surface area contributed by atoms with Gasteiger partial charge >= 0.3 is 5.76 Å². The molecule has 12 heteroatoms. The van der Waals surface area contributed by atoms with E-state index in [-0.39, 0.29) is 17.9 Å². The zero-order chi connectivity index (χ0) is 22.6. The van der Waals surface area contributed by atoms with Crippen molar-refractivity contribution in [3.05, 3.63) is 58.6 Å². The van der Waals surface area contributed by atoms with Gasteiger partial charge in [-0.05, 0) is 24.3 Å². The first-order chi connectivity index (χ1) is 14.7. The van der Waals surface area contributed by atoms with E-state index in [1.54, 1.807) is 12.1 Å². The van der Waals surface area contributed by atoms with Crippen LogP contribution in [0.2, 0.25) is 0 Å². The van der Waals surface area contributed by atoms with E-state index < -0.39 is 31.3 Å². The number of carbonyl (C=O) groups excluding carboxylic acids is 1. The maximum absolute atomic E-state index is 12.9. The van der Waals surface area contributed by atoms with Gasteiger partial charge in [-0.2, -0.15) is 8.78 Å². The summed E-state index contributed by atoms with van der Waals surface area (Å²) >= 11 is 0. The number of benzene rings is 2. The minimum Gasteiger partial charge on any atom is -0.369 e. The van der Waals surface area contributed by atoms with Crippen molar-refractivity contribution in [1.82, 2.24) is 4.90 Å². The van der Waals surface area contributed by atoms with Crippen molar-refractivity contribution < 1.29 is 26.9 Å². The van der Waals surface area contributed by atoms with Crippen molar-refractivity contribution in [2.75, 3.05) is 42.9 Å². The maximum Gasteiger partial charge on any atom is 0.341 e. The van der Waals surface area contributed by atoms with Crippen molar-refractivity contribution in [2.24, 2.45) is 0 Å². The number of carbonyl (C=O) groups is 1. The van der Waals surface area contributed by atoms with Gasteiger partial charge in [0.1, 0.15) is 0 Å². The fraction of sp³-hybridized carbons (Fsp3) is 0.316. The number of piperazine rings is 1. The number of nitro groups is 1. The van der Waals surface area contributed by atoms with E-state index in [9.17, 15) is 32.1 Å². The first-order valence-corrected chi connectivity index (χ1v) is 10.9. The summed E-state index contributed by atoms with van der Waals surface area (Å²) in [5.74, 6) is -4.10. The molecule has 1 heterocycles. The number of para-hydroxylation sites is 1. The Hall–Kier alpha value is -3.12. The first-order valence-electron chi connectivity index (χ1n) is 9.31. The molecule has 0 radical (unpaired) electrons. The zero-order valence-corrected chi connectivity index (χ0v) is 17.1. The van der Waals surface area contributed by atoms with Gasteiger partial charge in [0.15, 0.2) is 0 Å². The second-order valence-electron chi connectivity index (χ2n) is 6.89. The fourth-order valence-electron chi connectivity index (χ4n) is 3.26. The molecule has 2 aromatic carbocycles. The Morgan fingerprint density at radius 3 is 2.26 bits per heavy atom. The van der Waals surface area contributed by atoms with Crippen LogP contribution >= 0.6 is 0 Å². The van der Waals surface area contributed by atoms with Crippen LogP contribution in [-0.4, -0.2) is 62.6 Å². The summed E-state index contributed by atoms with van der Waals surface area (Å²) < 4.78 is 49.4. The third-order valence-corrected chi connectivity index (χ3v) is 6.31. The second-order valence-corrected chi connectivity index (χ2v) is 8.77. The molecular weight excluding hydrogens is 434 g/mol. The largest absolute Gasteiger partial charge is 0.369 e. The number of sulfone groups is 1. The second kappa shape index (κ2) is 9.35. The molecule has 0 aromatic heterocycles. The molecule has 1 amide bonds. The summed E-state index contributed by atoms with van der Waals surface area (Å²) in [7, 11) is -4.84. The van der Waals surface area contributed by atoms with E-state index in [0.29, 0.717) is 26.2 Å². The Bertz CT molecular complexity index is 1060. The van der Waals surface area contributed by atoms with Gasteiger partial charge in [-0.25, -0.2) is 8.42 Å². The van der Waals surface area contributed by atoms with Crippen LogP contribution in [0.5, 0.6) is 0 Å². The summed E-state index contributed by atoms with van der Waals surface area (Å²) in [5, 5.41) is 13.2. The molecule has 9 nitrogen and oxygen atoms in total. The van der Waals surface area contributed by atoms with Gasteiger partial charge < -0.3 is 10.2 Å². The summed E-state index contributed by atoms with van der Waals surface area (Å²) in [4.78, 5) is 25.9. The maximum atomic E-state index is 12.9. The Morgan fingerprint density at radius 2 is 1.68 bits per heavy atom. The minimum absolute atomic E-state index is 0.00759. The number of amides is 1. The molecule has 31 heavy (non-hydrogen) atoms. The Labute approximate surface area is 177 Å². The zero-order valence-electron chi connectivity index (χ0n) is 16.3. The lowest BCUT2D eigenvalue weighted by atomic mass is 10.2. The van der Waals surface area contributed by atoms with Gasteiger partial charge in [-0.1, -0.05) is 12.1 Å². The van der Waals surface area contributed by atoms with Crippen LogP contribution in [0.3, 0.4) is 0 Å². The molecule has 3 rings (SSSR count). The van der Waals surface area contributed by atoms with Crippen LogP contribution in [0.15, 0.2) is 53.4 Å². The predicted molar refractivity (Wildman–Crippen MR) is 110 cm³/mol. The van der Waals surface area contributed by atoms with Gasteiger partial charge in [0.2, 0.25) is 15.7 Å². The molecule has 0 aliphatic carbocycles. The smallest absolute Gasteiger partial charge is 0.341 e. The van der Waals surface area contributed by atoms with Crippen LogP contribution in [-0.2, 0) is 14.6 Å². The molecule has 0 spiro atoms. The van der Waals surface area contributed by atoms with E-state index in [2.05, 4.69) is 5.32 Å². The molecule has 1 N–H and O–H groups in total. The van der Waals surface area contributed by atoms with Crippen LogP contribution < -0.4 is 10.2 Å². The van der Waals surface area contributed by atoms with E-state index in [4.69, 9.17) is 0 Å². The molecule has 0 saturated carbocycles. The molecule has 1 aliphatic rings. The quantitative estimate of drug-likeness (QED) is 0.505. The monoisotopic (exact) mass is 454 g/mol. The van der Waals surface area contributed by atoms with Gasteiger partial charge in [0.05, 0.1) is 22.1 Å². The molecule has 2 aromatic rings. The fourth-order valence-corrected chi connectivity index (χ4v) is 4.14. The van der Waals surface area contributed by atoms with E-state index in [1.807, 2.05) is 9.80 Å². The van der Waals surface area contributed by atoms with Crippen LogP contribution in [0.4, 0.5) is 25.8 Å². The predicted octanol–water partition coefficient (Wildman–Crippen LogP) is 2.35. The molecular formula is C19H20F2N4O5S. The van der Waals surface area contributed by atoms with Crippen LogP contribution in [0.1, 0.15) is 0 Å². The van der Waals surface area contributed by atoms with Gasteiger partial charge in [0, 0.05) is 44.0 Å². The number of nitro benzene ring substituents is 1. The number of anilines is 2. The van der Waals surface area contributed by atoms with Crippen molar-refractivity contribution in [1.29, 1.82) is 0 Å². The third kappa shape index (κ3) is 5.33. The number of rotatable bonds is 7. The molecule has 1 aliphatic heterocycles. The highest BCUT2D eigenvalue weighted by molar-refractivity contribution is 7.91. The molecule has 0 unspecified atom stereocenters. The summed E-state index contributed by atoms with van der Waals surface area (Å²) in [5.41, 5.74) is 0.659. The molecule has 1 saturated heterocycles. The van der Waals surface area contributed by atoms with Crippen LogP contribution in [0.25, 0.3) is 0 Å². The van der Waals surface area contributed by atoms with Gasteiger partial charge in [0.25, 0.3) is 5.69 Å². The summed E-state index contributed by atoms with van der Waals surface area (Å²) in [6, 6.07) is 11.2. The van der Waals surface area contributed by atoms with Gasteiger partial charge in [-0.3, -0.25) is 19.8 Å². The number of nitrogens with zero attached hydrogens (tertiary/aromatic N) is 3. The number of hydrogen-bond donors (Lipinski definition) is 1. The normalized spacial score (nSPS) is 15.1. The number of nitrogens with one attached hydrogen (secondary N) is 1. The number of halogens is 2. The lowest BCUT2D eigenvalue weighted by molar-refractivity contribution is -0.384. The van der Waals surface area contributed by atoms with Crippen LogP contribution in [0, 0.1) is 10.1 Å². The summed E-state index contributed by atoms with van der Waals surface area (Å²) in [6.07, 6.45) is 0.